The lowest BCUT2D eigenvalue weighted by molar-refractivity contribution is -0.140. The lowest BCUT2D eigenvalue weighted by atomic mass is 10.0. The fourth-order valence-corrected chi connectivity index (χ4v) is 1.54. The molecule has 0 aliphatic carbocycles. The van der Waals surface area contributed by atoms with Gasteiger partial charge in [-0.15, -0.1) is 0 Å². The highest BCUT2D eigenvalue weighted by atomic mass is 16.5. The molecule has 0 saturated heterocycles. The molecule has 0 aliphatic heterocycles. The van der Waals surface area contributed by atoms with Crippen molar-refractivity contribution in [3.05, 3.63) is 0 Å². The summed E-state index contributed by atoms with van der Waals surface area (Å²) >= 11 is 0. The van der Waals surface area contributed by atoms with Gasteiger partial charge in [-0.1, -0.05) is 32.6 Å². The molecular formula is C12H24O3. The standard InChI is InChI=1S/C12H24O3/c1-3-4-5-6-8-11(13)9-7-10-12(14)15-2/h11,13H,3-10H2,1-2H3/t11-/m1/s1. The topological polar surface area (TPSA) is 46.5 Å². The summed E-state index contributed by atoms with van der Waals surface area (Å²) in [5.74, 6) is -0.187. The summed E-state index contributed by atoms with van der Waals surface area (Å²) in [5.41, 5.74) is 0. The third-order valence-corrected chi connectivity index (χ3v) is 2.54. The van der Waals surface area contributed by atoms with Gasteiger partial charge in [0, 0.05) is 6.42 Å². The van der Waals surface area contributed by atoms with E-state index in [1.807, 2.05) is 0 Å². The molecule has 0 aromatic heterocycles. The molecule has 3 nitrogen and oxygen atoms in total. The number of rotatable bonds is 9. The van der Waals surface area contributed by atoms with Crippen LogP contribution >= 0.6 is 0 Å². The zero-order chi connectivity index (χ0) is 11.5. The third-order valence-electron chi connectivity index (χ3n) is 2.54. The fraction of sp³-hybridized carbons (Fsp3) is 0.917. The molecule has 15 heavy (non-hydrogen) atoms. The van der Waals surface area contributed by atoms with Crippen LogP contribution in [0.5, 0.6) is 0 Å². The molecule has 1 N–H and O–H groups in total. The Morgan fingerprint density at radius 1 is 1.20 bits per heavy atom. The van der Waals surface area contributed by atoms with Crippen LogP contribution < -0.4 is 0 Å². The average molecular weight is 216 g/mol. The predicted molar refractivity (Wildman–Crippen MR) is 60.6 cm³/mol. The second kappa shape index (κ2) is 9.97. The van der Waals surface area contributed by atoms with Crippen molar-refractivity contribution in [2.75, 3.05) is 7.11 Å². The van der Waals surface area contributed by atoms with Crippen molar-refractivity contribution < 1.29 is 14.6 Å². The fourth-order valence-electron chi connectivity index (χ4n) is 1.54. The van der Waals surface area contributed by atoms with Crippen molar-refractivity contribution in [3.8, 4) is 0 Å². The smallest absolute Gasteiger partial charge is 0.305 e. The summed E-state index contributed by atoms with van der Waals surface area (Å²) in [7, 11) is 1.39. The first-order chi connectivity index (χ1) is 7.20. The van der Waals surface area contributed by atoms with Crippen LogP contribution in [0.3, 0.4) is 0 Å². The van der Waals surface area contributed by atoms with Crippen molar-refractivity contribution in [1.82, 2.24) is 0 Å². The number of unbranched alkanes of at least 4 members (excludes halogenated alkanes) is 3. The van der Waals surface area contributed by atoms with Gasteiger partial charge < -0.3 is 9.84 Å². The molecule has 0 bridgehead atoms. The number of carbonyl (C=O) groups excluding carboxylic acids is 1. The number of carbonyl (C=O) groups is 1. The van der Waals surface area contributed by atoms with Gasteiger partial charge in [0.05, 0.1) is 13.2 Å². The number of methoxy groups -OCH3 is 1. The molecule has 1 atom stereocenters. The Hall–Kier alpha value is -0.570. The van der Waals surface area contributed by atoms with Gasteiger partial charge in [-0.2, -0.15) is 0 Å². The highest BCUT2D eigenvalue weighted by molar-refractivity contribution is 5.68. The first-order valence-corrected chi connectivity index (χ1v) is 5.95. The highest BCUT2D eigenvalue weighted by Crippen LogP contribution is 2.10. The molecule has 0 aromatic rings. The lowest BCUT2D eigenvalue weighted by Crippen LogP contribution is -2.08. The normalized spacial score (nSPS) is 12.5. The van der Waals surface area contributed by atoms with Crippen LogP contribution in [0, 0.1) is 0 Å². The highest BCUT2D eigenvalue weighted by Gasteiger charge is 2.06. The van der Waals surface area contributed by atoms with Gasteiger partial charge in [-0.3, -0.25) is 4.79 Å². The maximum atomic E-state index is 10.8. The molecule has 0 spiro atoms. The molecule has 90 valence electrons. The van der Waals surface area contributed by atoms with E-state index in [1.165, 1.54) is 26.4 Å². The Morgan fingerprint density at radius 2 is 1.87 bits per heavy atom. The van der Waals surface area contributed by atoms with Gasteiger partial charge >= 0.3 is 5.97 Å². The molecule has 0 heterocycles. The minimum atomic E-state index is -0.244. The summed E-state index contributed by atoms with van der Waals surface area (Å²) in [6.07, 6.45) is 7.23. The molecular weight excluding hydrogens is 192 g/mol. The van der Waals surface area contributed by atoms with Crippen LogP contribution in [0.25, 0.3) is 0 Å². The number of hydrogen-bond acceptors (Lipinski definition) is 3. The summed E-state index contributed by atoms with van der Waals surface area (Å²) in [4.78, 5) is 10.8. The molecule has 3 heteroatoms. The van der Waals surface area contributed by atoms with Gasteiger partial charge in [0.25, 0.3) is 0 Å². The molecule has 0 amide bonds. The zero-order valence-corrected chi connectivity index (χ0v) is 10.00. The lowest BCUT2D eigenvalue weighted by Gasteiger charge is -2.09. The van der Waals surface area contributed by atoms with Crippen LogP contribution in [0.4, 0.5) is 0 Å². The van der Waals surface area contributed by atoms with E-state index >= 15 is 0 Å². The van der Waals surface area contributed by atoms with Gasteiger partial charge in [0.2, 0.25) is 0 Å². The summed E-state index contributed by atoms with van der Waals surface area (Å²) < 4.78 is 4.52. The van der Waals surface area contributed by atoms with E-state index in [9.17, 15) is 9.90 Å². The monoisotopic (exact) mass is 216 g/mol. The van der Waals surface area contributed by atoms with Crippen molar-refractivity contribution in [2.24, 2.45) is 0 Å². The zero-order valence-electron chi connectivity index (χ0n) is 10.00. The van der Waals surface area contributed by atoms with E-state index in [0.29, 0.717) is 12.8 Å². The molecule has 0 saturated carbocycles. The van der Waals surface area contributed by atoms with E-state index in [4.69, 9.17) is 0 Å². The van der Waals surface area contributed by atoms with E-state index < -0.39 is 0 Å². The molecule has 0 aromatic carbocycles. The van der Waals surface area contributed by atoms with E-state index in [0.717, 1.165) is 19.3 Å². The van der Waals surface area contributed by atoms with Crippen LogP contribution in [0.2, 0.25) is 0 Å². The number of esters is 1. The van der Waals surface area contributed by atoms with Crippen molar-refractivity contribution >= 4 is 5.97 Å². The minimum Gasteiger partial charge on any atom is -0.469 e. The maximum absolute atomic E-state index is 10.8. The van der Waals surface area contributed by atoms with Crippen LogP contribution in [0.15, 0.2) is 0 Å². The van der Waals surface area contributed by atoms with Crippen LogP contribution in [-0.4, -0.2) is 24.3 Å². The minimum absolute atomic E-state index is 0.187. The van der Waals surface area contributed by atoms with Gasteiger partial charge in [0.1, 0.15) is 0 Å². The predicted octanol–water partition coefficient (Wildman–Crippen LogP) is 2.66. The van der Waals surface area contributed by atoms with Crippen molar-refractivity contribution in [3.63, 3.8) is 0 Å². The van der Waals surface area contributed by atoms with Crippen LogP contribution in [0.1, 0.15) is 58.3 Å². The Bertz CT molecular complexity index is 157. The summed E-state index contributed by atoms with van der Waals surface area (Å²) in [6, 6.07) is 0. The summed E-state index contributed by atoms with van der Waals surface area (Å²) in [5, 5.41) is 9.58. The first-order valence-electron chi connectivity index (χ1n) is 5.95. The van der Waals surface area contributed by atoms with Crippen molar-refractivity contribution in [1.29, 1.82) is 0 Å². The van der Waals surface area contributed by atoms with E-state index in [1.54, 1.807) is 0 Å². The Labute approximate surface area is 92.8 Å². The van der Waals surface area contributed by atoms with Crippen molar-refractivity contribution in [2.45, 2.75) is 64.4 Å². The number of ether oxygens (including phenoxy) is 1. The molecule has 0 rings (SSSR count). The number of aliphatic hydroxyl groups excluding tert-OH is 1. The Morgan fingerprint density at radius 3 is 2.47 bits per heavy atom. The SMILES string of the molecule is CCCCCC[C@@H](O)CCCC(=O)OC. The molecule has 0 aliphatic rings. The Balaban J connectivity index is 3.25. The number of hydrogen-bond donors (Lipinski definition) is 1. The molecule has 0 unspecified atom stereocenters. The van der Waals surface area contributed by atoms with Gasteiger partial charge in [-0.25, -0.2) is 0 Å². The second-order valence-electron chi connectivity index (χ2n) is 3.97. The summed E-state index contributed by atoms with van der Waals surface area (Å²) in [6.45, 7) is 2.17. The van der Waals surface area contributed by atoms with E-state index in [-0.39, 0.29) is 12.1 Å². The van der Waals surface area contributed by atoms with Crippen LogP contribution in [-0.2, 0) is 9.53 Å². The third kappa shape index (κ3) is 9.73. The van der Waals surface area contributed by atoms with Gasteiger partial charge in [-0.05, 0) is 19.3 Å². The average Bonchev–Trinajstić information content (AvgIpc) is 2.24. The van der Waals surface area contributed by atoms with Gasteiger partial charge in [0.15, 0.2) is 0 Å². The van der Waals surface area contributed by atoms with E-state index in [2.05, 4.69) is 11.7 Å². The Kier molecular flexibility index (Phi) is 9.59. The maximum Gasteiger partial charge on any atom is 0.305 e. The number of aliphatic hydroxyl groups is 1. The second-order valence-corrected chi connectivity index (χ2v) is 3.97. The largest absolute Gasteiger partial charge is 0.469 e. The quantitative estimate of drug-likeness (QED) is 0.476. The molecule has 0 radical (unpaired) electrons. The first kappa shape index (κ1) is 14.4. The molecule has 0 fully saturated rings.